The number of furan rings is 1. The number of hydrogen-bond donors (Lipinski definition) is 0. The molecule has 0 aliphatic heterocycles. The van der Waals surface area contributed by atoms with E-state index in [-0.39, 0.29) is 5.92 Å². The van der Waals surface area contributed by atoms with E-state index in [9.17, 15) is 0 Å². The molecular weight excluding hydrogens is 647 g/mol. The van der Waals surface area contributed by atoms with Crippen molar-refractivity contribution in [1.29, 1.82) is 0 Å². The molecule has 10 rings (SSSR count). The third-order valence-corrected chi connectivity index (χ3v) is 10.3. The van der Waals surface area contributed by atoms with Crippen LogP contribution < -0.4 is 10.4 Å². The zero-order valence-corrected chi connectivity index (χ0v) is 28.9. The number of rotatable bonds is 6. The molecule has 1 atom stereocenters. The smallest absolute Gasteiger partial charge is 0.163 e. The molecule has 0 amide bonds. The SMILES string of the molecule is C1=c2ccccc2=C(c2cccc3oc4ccccc4c23)CC1c1nc(-c2ccccc2)nc(-c2ccc(-c3ccc(-c4ccccc4)cc3)cc2)n1. The second kappa shape index (κ2) is 13.0. The summed E-state index contributed by atoms with van der Waals surface area (Å²) in [5.74, 6) is 2.02. The molecule has 0 bridgehead atoms. The van der Waals surface area contributed by atoms with Crippen LogP contribution in [0.15, 0.2) is 180 Å². The highest BCUT2D eigenvalue weighted by atomic mass is 16.3. The lowest BCUT2D eigenvalue weighted by Crippen LogP contribution is -2.32. The first-order valence-electron chi connectivity index (χ1n) is 18.0. The lowest BCUT2D eigenvalue weighted by Gasteiger charge is -2.21. The highest BCUT2D eigenvalue weighted by Gasteiger charge is 2.24. The van der Waals surface area contributed by atoms with Crippen LogP contribution in [0.25, 0.3) is 78.6 Å². The summed E-state index contributed by atoms with van der Waals surface area (Å²) >= 11 is 0. The van der Waals surface area contributed by atoms with Crippen LogP contribution in [-0.2, 0) is 0 Å². The fraction of sp³-hybridized carbons (Fsp3) is 0.0408. The standard InChI is InChI=1S/C49H33N3O/c1-3-12-32(13-4-1)33-22-24-34(25-23-33)35-26-28-37(29-27-35)48-50-47(36-14-5-2-6-15-36)51-49(52-48)39-30-38-16-7-8-17-40(38)43(31-39)41-19-11-21-45-46(41)42-18-9-10-20-44(42)53-45/h1-30,39H,31H2. The summed E-state index contributed by atoms with van der Waals surface area (Å²) in [6.07, 6.45) is 3.06. The molecule has 7 aromatic carbocycles. The molecule has 0 saturated carbocycles. The zero-order valence-electron chi connectivity index (χ0n) is 28.9. The van der Waals surface area contributed by atoms with Gasteiger partial charge in [-0.25, -0.2) is 15.0 Å². The fourth-order valence-corrected chi connectivity index (χ4v) is 7.67. The number of benzene rings is 7. The molecule has 2 aromatic heterocycles. The minimum absolute atomic E-state index is 0.0695. The number of hydrogen-bond acceptors (Lipinski definition) is 4. The summed E-state index contributed by atoms with van der Waals surface area (Å²) in [6, 6.07) is 61.3. The Kier molecular flexibility index (Phi) is 7.58. The van der Waals surface area contributed by atoms with E-state index in [1.165, 1.54) is 32.7 Å². The first kappa shape index (κ1) is 30.9. The molecule has 0 N–H and O–H groups in total. The van der Waals surface area contributed by atoms with Crippen LogP contribution in [0.4, 0.5) is 0 Å². The molecule has 2 heterocycles. The van der Waals surface area contributed by atoms with Crippen LogP contribution in [0.1, 0.15) is 23.7 Å². The van der Waals surface area contributed by atoms with Crippen LogP contribution in [-0.4, -0.2) is 15.0 Å². The number of fused-ring (bicyclic) bond motifs is 4. The Labute approximate surface area is 307 Å². The number of aromatic nitrogens is 3. The van der Waals surface area contributed by atoms with Gasteiger partial charge in [-0.2, -0.15) is 0 Å². The summed E-state index contributed by atoms with van der Waals surface area (Å²) < 4.78 is 6.32. The lowest BCUT2D eigenvalue weighted by atomic mass is 9.85. The van der Waals surface area contributed by atoms with E-state index < -0.39 is 0 Å². The molecule has 0 radical (unpaired) electrons. The topological polar surface area (TPSA) is 51.8 Å². The first-order valence-corrected chi connectivity index (χ1v) is 18.0. The minimum atomic E-state index is -0.0695. The molecule has 4 nitrogen and oxygen atoms in total. The summed E-state index contributed by atoms with van der Waals surface area (Å²) in [5, 5.41) is 4.67. The summed E-state index contributed by atoms with van der Waals surface area (Å²) in [5.41, 5.74) is 10.9. The van der Waals surface area contributed by atoms with Crippen LogP contribution in [0, 0.1) is 0 Å². The van der Waals surface area contributed by atoms with Gasteiger partial charge in [0.15, 0.2) is 11.6 Å². The van der Waals surface area contributed by atoms with Crippen molar-refractivity contribution in [3.63, 3.8) is 0 Å². The van der Waals surface area contributed by atoms with E-state index in [1.54, 1.807) is 0 Å². The molecule has 0 spiro atoms. The van der Waals surface area contributed by atoms with E-state index in [0.717, 1.165) is 56.4 Å². The maximum atomic E-state index is 6.32. The van der Waals surface area contributed by atoms with Crippen molar-refractivity contribution in [1.82, 2.24) is 15.0 Å². The van der Waals surface area contributed by atoms with Gasteiger partial charge in [-0.15, -0.1) is 0 Å². The van der Waals surface area contributed by atoms with E-state index in [2.05, 4.69) is 146 Å². The third kappa shape index (κ3) is 5.71. The number of nitrogens with zero attached hydrogens (tertiary/aromatic N) is 3. The average molecular weight is 680 g/mol. The Morgan fingerprint density at radius 1 is 0.434 bits per heavy atom. The van der Waals surface area contributed by atoms with Gasteiger partial charge in [0, 0.05) is 27.8 Å². The Morgan fingerprint density at radius 3 is 1.66 bits per heavy atom. The first-order chi connectivity index (χ1) is 26.2. The van der Waals surface area contributed by atoms with Crippen LogP contribution >= 0.6 is 0 Å². The molecule has 250 valence electrons. The predicted octanol–water partition coefficient (Wildman–Crippen LogP) is 10.6. The van der Waals surface area contributed by atoms with Crippen LogP contribution in [0.3, 0.4) is 0 Å². The Bertz CT molecular complexity index is 2900. The van der Waals surface area contributed by atoms with Crippen molar-refractivity contribution in [2.75, 3.05) is 0 Å². The van der Waals surface area contributed by atoms with Gasteiger partial charge in [-0.3, -0.25) is 0 Å². The predicted molar refractivity (Wildman–Crippen MR) is 215 cm³/mol. The van der Waals surface area contributed by atoms with Crippen molar-refractivity contribution in [2.24, 2.45) is 0 Å². The normalized spacial score (nSPS) is 13.9. The average Bonchev–Trinajstić information content (AvgIpc) is 3.63. The molecule has 0 fully saturated rings. The summed E-state index contributed by atoms with van der Waals surface area (Å²) in [6.45, 7) is 0. The maximum Gasteiger partial charge on any atom is 0.163 e. The molecule has 1 aliphatic rings. The van der Waals surface area contributed by atoms with Crippen LogP contribution in [0.2, 0.25) is 0 Å². The summed E-state index contributed by atoms with van der Waals surface area (Å²) in [4.78, 5) is 15.4. The molecular formula is C49H33N3O. The van der Waals surface area contributed by atoms with Crippen molar-refractivity contribution >= 4 is 33.6 Å². The van der Waals surface area contributed by atoms with Gasteiger partial charge in [-0.05, 0) is 62.4 Å². The zero-order chi connectivity index (χ0) is 35.1. The molecule has 9 aromatic rings. The van der Waals surface area contributed by atoms with Crippen molar-refractivity contribution in [2.45, 2.75) is 12.3 Å². The molecule has 4 heteroatoms. The fourth-order valence-electron chi connectivity index (χ4n) is 7.67. The van der Waals surface area contributed by atoms with Crippen LogP contribution in [0.5, 0.6) is 0 Å². The molecule has 1 unspecified atom stereocenters. The van der Waals surface area contributed by atoms with Gasteiger partial charge >= 0.3 is 0 Å². The monoisotopic (exact) mass is 679 g/mol. The number of para-hydroxylation sites is 1. The van der Waals surface area contributed by atoms with E-state index >= 15 is 0 Å². The minimum Gasteiger partial charge on any atom is -0.456 e. The maximum absolute atomic E-state index is 6.32. The Hall–Kier alpha value is -6.91. The van der Waals surface area contributed by atoms with Gasteiger partial charge in [0.05, 0.1) is 0 Å². The molecule has 53 heavy (non-hydrogen) atoms. The second-order valence-electron chi connectivity index (χ2n) is 13.5. The molecule has 1 aliphatic carbocycles. The third-order valence-electron chi connectivity index (χ3n) is 10.3. The van der Waals surface area contributed by atoms with Crippen molar-refractivity contribution in [3.8, 4) is 45.0 Å². The van der Waals surface area contributed by atoms with Gasteiger partial charge in [0.2, 0.25) is 0 Å². The highest BCUT2D eigenvalue weighted by molar-refractivity contribution is 6.10. The lowest BCUT2D eigenvalue weighted by molar-refractivity contribution is 0.669. The largest absolute Gasteiger partial charge is 0.456 e. The van der Waals surface area contributed by atoms with E-state index in [1.807, 2.05) is 36.4 Å². The van der Waals surface area contributed by atoms with Gasteiger partial charge < -0.3 is 4.42 Å². The quantitative estimate of drug-likeness (QED) is 0.176. The van der Waals surface area contributed by atoms with E-state index in [4.69, 9.17) is 19.4 Å². The highest BCUT2D eigenvalue weighted by Crippen LogP contribution is 2.38. The Balaban J connectivity index is 1.06. The molecule has 0 saturated heterocycles. The summed E-state index contributed by atoms with van der Waals surface area (Å²) in [7, 11) is 0. The van der Waals surface area contributed by atoms with Gasteiger partial charge in [0.25, 0.3) is 0 Å². The Morgan fingerprint density at radius 2 is 0.962 bits per heavy atom. The van der Waals surface area contributed by atoms with Gasteiger partial charge in [-0.1, -0.05) is 170 Å². The van der Waals surface area contributed by atoms with E-state index in [0.29, 0.717) is 11.6 Å². The van der Waals surface area contributed by atoms with Crippen molar-refractivity contribution in [3.05, 3.63) is 198 Å². The van der Waals surface area contributed by atoms with Crippen molar-refractivity contribution < 1.29 is 4.42 Å². The second-order valence-corrected chi connectivity index (χ2v) is 13.5. The van der Waals surface area contributed by atoms with Gasteiger partial charge in [0.1, 0.15) is 17.0 Å².